The number of halogens is 1. The molecule has 2 aromatic heterocycles. The molecule has 1 aliphatic rings. The lowest BCUT2D eigenvalue weighted by molar-refractivity contribution is 0.0600. The van der Waals surface area contributed by atoms with Gasteiger partial charge in [-0.25, -0.2) is 9.18 Å². The van der Waals surface area contributed by atoms with Gasteiger partial charge < -0.3 is 19.5 Å². The molecule has 2 aromatic carbocycles. The van der Waals surface area contributed by atoms with E-state index < -0.39 is 5.97 Å². The van der Waals surface area contributed by atoms with E-state index in [9.17, 15) is 9.18 Å². The summed E-state index contributed by atoms with van der Waals surface area (Å²) in [5, 5.41) is 3.90. The van der Waals surface area contributed by atoms with Crippen LogP contribution in [-0.4, -0.2) is 27.7 Å². The second kappa shape index (κ2) is 9.07. The maximum absolute atomic E-state index is 13.7. The number of ether oxygens (including phenoxy) is 1. The highest BCUT2D eigenvalue weighted by atomic mass is 32.1. The first kappa shape index (κ1) is 21.8. The van der Waals surface area contributed by atoms with Gasteiger partial charge in [0.2, 0.25) is 0 Å². The SMILES string of the molecule is COC(=O)c1ccccc1-n1cccc1[C@@H]1[C@@H](c2ccccn2)NC(=S)N1c1ccc(F)cc1. The third-order valence-corrected chi connectivity index (χ3v) is 6.17. The quantitative estimate of drug-likeness (QED) is 0.327. The fourth-order valence-electron chi connectivity index (χ4n) is 4.36. The van der Waals surface area contributed by atoms with Crippen LogP contribution in [0.15, 0.2) is 91.3 Å². The summed E-state index contributed by atoms with van der Waals surface area (Å²) in [7, 11) is 1.36. The molecule has 1 saturated heterocycles. The second-order valence-corrected chi connectivity index (χ2v) is 8.17. The van der Waals surface area contributed by atoms with Gasteiger partial charge in [-0.3, -0.25) is 4.98 Å². The summed E-state index contributed by atoms with van der Waals surface area (Å²) >= 11 is 5.74. The summed E-state index contributed by atoms with van der Waals surface area (Å²) in [5.41, 5.74) is 3.57. The molecule has 1 aliphatic heterocycles. The third-order valence-electron chi connectivity index (χ3n) is 5.86. The number of methoxy groups -OCH3 is 1. The van der Waals surface area contributed by atoms with E-state index in [1.807, 2.05) is 58.1 Å². The average Bonchev–Trinajstić information content (AvgIpc) is 3.49. The maximum atomic E-state index is 13.7. The van der Waals surface area contributed by atoms with Crippen LogP contribution in [0.1, 0.15) is 33.8 Å². The highest BCUT2D eigenvalue weighted by Gasteiger charge is 2.42. The fourth-order valence-corrected chi connectivity index (χ4v) is 4.70. The third kappa shape index (κ3) is 3.82. The Hall–Kier alpha value is -4.04. The lowest BCUT2D eigenvalue weighted by Crippen LogP contribution is -2.30. The van der Waals surface area contributed by atoms with Crippen LogP contribution < -0.4 is 10.2 Å². The van der Waals surface area contributed by atoms with Crippen LogP contribution in [0.2, 0.25) is 0 Å². The Labute approximate surface area is 201 Å². The lowest BCUT2D eigenvalue weighted by atomic mass is 10.0. The average molecular weight is 473 g/mol. The van der Waals surface area contributed by atoms with E-state index >= 15 is 0 Å². The molecule has 34 heavy (non-hydrogen) atoms. The van der Waals surface area contributed by atoms with Crippen molar-refractivity contribution in [1.82, 2.24) is 14.9 Å². The van der Waals surface area contributed by atoms with Gasteiger partial charge in [-0.1, -0.05) is 18.2 Å². The van der Waals surface area contributed by atoms with Gasteiger partial charge in [0.15, 0.2) is 5.11 Å². The van der Waals surface area contributed by atoms with Gasteiger partial charge in [-0.2, -0.15) is 0 Å². The number of nitrogens with zero attached hydrogens (tertiary/aromatic N) is 3. The molecular formula is C26H21FN4O2S. The number of anilines is 1. The van der Waals surface area contributed by atoms with Crippen LogP contribution in [0.3, 0.4) is 0 Å². The Bertz CT molecular complexity index is 1340. The molecule has 8 heteroatoms. The minimum atomic E-state index is -0.424. The first-order valence-electron chi connectivity index (χ1n) is 10.7. The smallest absolute Gasteiger partial charge is 0.339 e. The number of thiocarbonyl (C=S) groups is 1. The van der Waals surface area contributed by atoms with Crippen LogP contribution >= 0.6 is 12.2 Å². The predicted octanol–water partition coefficient (Wildman–Crippen LogP) is 4.98. The van der Waals surface area contributed by atoms with Gasteiger partial charge in [-0.05, 0) is 72.9 Å². The van der Waals surface area contributed by atoms with Crippen LogP contribution in [0.5, 0.6) is 0 Å². The number of hydrogen-bond acceptors (Lipinski definition) is 4. The van der Waals surface area contributed by atoms with Crippen LogP contribution in [0.4, 0.5) is 10.1 Å². The number of benzene rings is 2. The van der Waals surface area contributed by atoms with Gasteiger partial charge in [0.25, 0.3) is 0 Å². The molecule has 0 radical (unpaired) electrons. The zero-order valence-electron chi connectivity index (χ0n) is 18.3. The molecule has 4 aromatic rings. The number of pyridine rings is 1. The summed E-state index contributed by atoms with van der Waals surface area (Å²) in [5.74, 6) is -0.748. The summed E-state index contributed by atoms with van der Waals surface area (Å²) in [6, 6.07) is 22.5. The van der Waals surface area contributed by atoms with E-state index in [1.54, 1.807) is 30.5 Å². The van der Waals surface area contributed by atoms with Crippen molar-refractivity contribution in [1.29, 1.82) is 0 Å². The monoisotopic (exact) mass is 472 g/mol. The molecule has 3 heterocycles. The van der Waals surface area contributed by atoms with E-state index in [0.29, 0.717) is 16.4 Å². The normalized spacial score (nSPS) is 17.5. The maximum Gasteiger partial charge on any atom is 0.339 e. The number of rotatable bonds is 5. The molecule has 0 saturated carbocycles. The van der Waals surface area contributed by atoms with Crippen molar-refractivity contribution in [3.05, 3.63) is 114 Å². The molecule has 0 bridgehead atoms. The molecule has 6 nitrogen and oxygen atoms in total. The van der Waals surface area contributed by atoms with Crippen LogP contribution in [0.25, 0.3) is 5.69 Å². The van der Waals surface area contributed by atoms with Crippen molar-refractivity contribution < 1.29 is 13.9 Å². The molecule has 1 N–H and O–H groups in total. The van der Waals surface area contributed by atoms with E-state index in [1.165, 1.54) is 19.2 Å². The largest absolute Gasteiger partial charge is 0.465 e. The van der Waals surface area contributed by atoms with E-state index in [0.717, 1.165) is 17.1 Å². The summed E-state index contributed by atoms with van der Waals surface area (Å²) in [4.78, 5) is 19.0. The van der Waals surface area contributed by atoms with E-state index in [-0.39, 0.29) is 17.9 Å². The Kier molecular flexibility index (Phi) is 5.81. The lowest BCUT2D eigenvalue weighted by Gasteiger charge is -2.29. The summed E-state index contributed by atoms with van der Waals surface area (Å²) < 4.78 is 20.7. The molecule has 1 fully saturated rings. The number of para-hydroxylation sites is 1. The number of esters is 1. The predicted molar refractivity (Wildman–Crippen MR) is 131 cm³/mol. The minimum Gasteiger partial charge on any atom is -0.465 e. The Morgan fingerprint density at radius 3 is 2.53 bits per heavy atom. The molecule has 2 atom stereocenters. The van der Waals surface area contributed by atoms with Gasteiger partial charge >= 0.3 is 5.97 Å². The summed E-state index contributed by atoms with van der Waals surface area (Å²) in [6.07, 6.45) is 3.64. The van der Waals surface area contributed by atoms with Gasteiger partial charge in [0.1, 0.15) is 11.9 Å². The van der Waals surface area contributed by atoms with Crippen LogP contribution in [0, 0.1) is 5.82 Å². The number of aromatic nitrogens is 2. The highest BCUT2D eigenvalue weighted by molar-refractivity contribution is 7.80. The van der Waals surface area contributed by atoms with E-state index in [4.69, 9.17) is 17.0 Å². The van der Waals surface area contributed by atoms with Crippen molar-refractivity contribution in [3.63, 3.8) is 0 Å². The molecule has 5 rings (SSSR count). The minimum absolute atomic E-state index is 0.280. The second-order valence-electron chi connectivity index (χ2n) is 7.78. The molecule has 0 aliphatic carbocycles. The number of hydrogen-bond donors (Lipinski definition) is 1. The van der Waals surface area contributed by atoms with Crippen molar-refractivity contribution in [2.75, 3.05) is 12.0 Å². The molecule has 170 valence electrons. The topological polar surface area (TPSA) is 59.4 Å². The first-order chi connectivity index (χ1) is 16.6. The Morgan fingerprint density at radius 1 is 1.03 bits per heavy atom. The van der Waals surface area contributed by atoms with E-state index in [2.05, 4.69) is 10.3 Å². The highest BCUT2D eigenvalue weighted by Crippen LogP contribution is 2.42. The summed E-state index contributed by atoms with van der Waals surface area (Å²) in [6.45, 7) is 0. The Morgan fingerprint density at radius 2 is 1.79 bits per heavy atom. The number of carbonyl (C=O) groups is 1. The zero-order valence-corrected chi connectivity index (χ0v) is 19.1. The van der Waals surface area contributed by atoms with Gasteiger partial charge in [-0.15, -0.1) is 0 Å². The van der Waals surface area contributed by atoms with Crippen molar-refractivity contribution >= 4 is 29.0 Å². The molecule has 0 unspecified atom stereocenters. The van der Waals surface area contributed by atoms with Crippen molar-refractivity contribution in [2.45, 2.75) is 12.1 Å². The number of nitrogens with one attached hydrogen (secondary N) is 1. The Balaban J connectivity index is 1.69. The van der Waals surface area contributed by atoms with Gasteiger partial charge in [0.05, 0.1) is 30.1 Å². The fraction of sp³-hybridized carbons (Fsp3) is 0.115. The van der Waals surface area contributed by atoms with Crippen LogP contribution in [-0.2, 0) is 4.74 Å². The number of carbonyl (C=O) groups excluding carboxylic acids is 1. The molecular weight excluding hydrogens is 451 g/mol. The molecule has 0 amide bonds. The zero-order chi connectivity index (χ0) is 23.7. The first-order valence-corrected chi connectivity index (χ1v) is 11.1. The van der Waals surface area contributed by atoms with Crippen molar-refractivity contribution in [3.8, 4) is 5.69 Å². The molecule has 0 spiro atoms. The van der Waals surface area contributed by atoms with Crippen molar-refractivity contribution in [2.24, 2.45) is 0 Å². The standard InChI is InChI=1S/C26H21FN4O2S/c1-33-25(32)19-7-2-3-9-21(19)30-16-6-10-22(30)24-23(20-8-4-5-15-28-20)29-26(34)31(24)18-13-11-17(27)12-14-18/h2-16,23-24H,1H3,(H,29,34)/t23-,24-/m1/s1. The van der Waals surface area contributed by atoms with Gasteiger partial charge in [0, 0.05) is 23.8 Å².